The molecule has 2 atom stereocenters. The topological polar surface area (TPSA) is 56.0 Å². The van der Waals surface area contributed by atoms with Crippen molar-refractivity contribution in [3.8, 4) is 0 Å². The van der Waals surface area contributed by atoms with E-state index in [0.717, 1.165) is 0 Å². The average Bonchev–Trinajstić information content (AvgIpc) is 2.84. The Hall–Kier alpha value is -1.01. The zero-order valence-corrected chi connectivity index (χ0v) is 10.7. The molecule has 6 heteroatoms. The van der Waals surface area contributed by atoms with E-state index in [-0.39, 0.29) is 5.92 Å². The van der Waals surface area contributed by atoms with Gasteiger partial charge in [-0.25, -0.2) is 0 Å². The summed E-state index contributed by atoms with van der Waals surface area (Å²) in [6.07, 6.45) is 1.62. The van der Waals surface area contributed by atoms with Gasteiger partial charge in [0.2, 0.25) is 5.89 Å². The molecule has 0 spiro atoms. The zero-order chi connectivity index (χ0) is 11.5. The molecular formula is C10H12N2O2S2. The Kier molecular flexibility index (Phi) is 3.50. The van der Waals surface area contributed by atoms with Gasteiger partial charge in [-0.05, 0) is 18.4 Å². The van der Waals surface area contributed by atoms with E-state index in [1.807, 2.05) is 24.4 Å². The maximum absolute atomic E-state index is 11.0. The molecule has 0 radical (unpaired) electrons. The summed E-state index contributed by atoms with van der Waals surface area (Å²) in [7, 11) is -0.936. The van der Waals surface area contributed by atoms with E-state index in [4.69, 9.17) is 4.52 Å². The van der Waals surface area contributed by atoms with Crippen LogP contribution in [-0.4, -0.2) is 20.6 Å². The van der Waals surface area contributed by atoms with Crippen LogP contribution >= 0.6 is 11.3 Å². The lowest BCUT2D eigenvalue weighted by Crippen LogP contribution is -1.97. The fourth-order valence-corrected chi connectivity index (χ4v) is 2.60. The minimum atomic E-state index is -0.936. The van der Waals surface area contributed by atoms with Crippen molar-refractivity contribution in [3.05, 3.63) is 34.1 Å². The van der Waals surface area contributed by atoms with Gasteiger partial charge >= 0.3 is 0 Å². The van der Waals surface area contributed by atoms with Crippen molar-refractivity contribution in [2.75, 3.05) is 6.26 Å². The minimum Gasteiger partial charge on any atom is -0.339 e. The first-order valence-electron chi connectivity index (χ1n) is 4.82. The van der Waals surface area contributed by atoms with Crippen LogP contribution in [0.5, 0.6) is 0 Å². The Balaban J connectivity index is 2.15. The average molecular weight is 256 g/mol. The SMILES string of the molecule is CC(c1nc(CS(C)=O)no1)c1cccs1. The molecule has 2 aromatic heterocycles. The summed E-state index contributed by atoms with van der Waals surface area (Å²) in [5.41, 5.74) is 0. The number of aromatic nitrogens is 2. The standard InChI is InChI=1S/C10H12N2O2S2/c1-7(8-4-3-5-15-8)10-11-9(12-14-10)6-16(2)13/h3-5,7H,6H2,1-2H3. The van der Waals surface area contributed by atoms with Gasteiger partial charge in [0.1, 0.15) is 0 Å². The summed E-state index contributed by atoms with van der Waals surface area (Å²) in [6.45, 7) is 2.02. The second-order valence-electron chi connectivity index (χ2n) is 3.50. The van der Waals surface area contributed by atoms with Crippen LogP contribution in [0.25, 0.3) is 0 Å². The van der Waals surface area contributed by atoms with Gasteiger partial charge in [0, 0.05) is 21.9 Å². The predicted octanol–water partition coefficient (Wildman–Crippen LogP) is 2.16. The van der Waals surface area contributed by atoms with Gasteiger partial charge in [0.25, 0.3) is 0 Å². The van der Waals surface area contributed by atoms with Crippen LogP contribution < -0.4 is 0 Å². The van der Waals surface area contributed by atoms with E-state index in [1.165, 1.54) is 4.88 Å². The maximum Gasteiger partial charge on any atom is 0.234 e. The number of nitrogens with zero attached hydrogens (tertiary/aromatic N) is 2. The summed E-state index contributed by atoms with van der Waals surface area (Å²) < 4.78 is 16.2. The fraction of sp³-hybridized carbons (Fsp3) is 0.400. The maximum atomic E-state index is 11.0. The Morgan fingerprint density at radius 1 is 1.62 bits per heavy atom. The highest BCUT2D eigenvalue weighted by Crippen LogP contribution is 2.26. The van der Waals surface area contributed by atoms with Crippen molar-refractivity contribution >= 4 is 22.1 Å². The Labute approximate surface area is 100 Å². The summed E-state index contributed by atoms with van der Waals surface area (Å²) in [5, 5.41) is 5.83. The molecule has 0 amide bonds. The van der Waals surface area contributed by atoms with Gasteiger partial charge in [-0.3, -0.25) is 4.21 Å². The molecule has 0 aliphatic carbocycles. The van der Waals surface area contributed by atoms with Crippen LogP contribution in [0.3, 0.4) is 0 Å². The van der Waals surface area contributed by atoms with Gasteiger partial charge in [-0.1, -0.05) is 11.2 Å². The van der Waals surface area contributed by atoms with E-state index in [9.17, 15) is 4.21 Å². The van der Waals surface area contributed by atoms with Crippen LogP contribution in [0.4, 0.5) is 0 Å². The molecule has 2 aromatic rings. The number of rotatable bonds is 4. The van der Waals surface area contributed by atoms with E-state index in [0.29, 0.717) is 17.5 Å². The smallest absolute Gasteiger partial charge is 0.234 e. The first-order chi connectivity index (χ1) is 7.66. The van der Waals surface area contributed by atoms with Crippen molar-refractivity contribution in [1.29, 1.82) is 0 Å². The molecule has 0 saturated carbocycles. The van der Waals surface area contributed by atoms with Gasteiger partial charge in [0.15, 0.2) is 5.82 Å². The Morgan fingerprint density at radius 2 is 2.44 bits per heavy atom. The molecular weight excluding hydrogens is 244 g/mol. The normalized spacial score (nSPS) is 14.9. The Bertz CT molecular complexity index is 479. The highest BCUT2D eigenvalue weighted by molar-refractivity contribution is 7.83. The van der Waals surface area contributed by atoms with Gasteiger partial charge in [-0.2, -0.15) is 4.98 Å². The molecule has 0 N–H and O–H groups in total. The number of hydrogen-bond donors (Lipinski definition) is 0. The lowest BCUT2D eigenvalue weighted by atomic mass is 10.1. The third-order valence-corrected chi connectivity index (χ3v) is 3.88. The van der Waals surface area contributed by atoms with E-state index in [2.05, 4.69) is 10.1 Å². The second-order valence-corrected chi connectivity index (χ2v) is 5.92. The van der Waals surface area contributed by atoms with Crippen molar-refractivity contribution in [1.82, 2.24) is 10.1 Å². The van der Waals surface area contributed by atoms with Crippen molar-refractivity contribution in [2.45, 2.75) is 18.6 Å². The first-order valence-corrected chi connectivity index (χ1v) is 7.43. The van der Waals surface area contributed by atoms with Crippen molar-refractivity contribution < 1.29 is 8.73 Å². The molecule has 2 unspecified atom stereocenters. The van der Waals surface area contributed by atoms with Crippen LogP contribution in [0.1, 0.15) is 29.4 Å². The van der Waals surface area contributed by atoms with Gasteiger partial charge in [-0.15, -0.1) is 11.3 Å². The molecule has 0 aromatic carbocycles. The summed E-state index contributed by atoms with van der Waals surface area (Å²) >= 11 is 1.66. The molecule has 2 heterocycles. The number of thiophene rings is 1. The molecule has 4 nitrogen and oxygen atoms in total. The Morgan fingerprint density at radius 3 is 3.06 bits per heavy atom. The van der Waals surface area contributed by atoms with Gasteiger partial charge in [0.05, 0.1) is 11.7 Å². The zero-order valence-electron chi connectivity index (χ0n) is 9.04. The van der Waals surface area contributed by atoms with Crippen LogP contribution in [0, 0.1) is 0 Å². The number of hydrogen-bond acceptors (Lipinski definition) is 5. The molecule has 0 aliphatic rings. The highest BCUT2D eigenvalue weighted by atomic mass is 32.2. The summed E-state index contributed by atoms with van der Waals surface area (Å²) in [5.74, 6) is 1.55. The lowest BCUT2D eigenvalue weighted by molar-refractivity contribution is 0.367. The van der Waals surface area contributed by atoms with Crippen LogP contribution in [0.2, 0.25) is 0 Å². The van der Waals surface area contributed by atoms with Crippen LogP contribution in [0.15, 0.2) is 22.0 Å². The fourth-order valence-electron chi connectivity index (χ4n) is 1.34. The van der Waals surface area contributed by atoms with Crippen molar-refractivity contribution in [2.24, 2.45) is 0 Å². The molecule has 0 bridgehead atoms. The minimum absolute atomic E-state index is 0.103. The molecule has 16 heavy (non-hydrogen) atoms. The van der Waals surface area contributed by atoms with Crippen molar-refractivity contribution in [3.63, 3.8) is 0 Å². The molecule has 0 saturated heterocycles. The quantitative estimate of drug-likeness (QED) is 0.841. The molecule has 2 rings (SSSR count). The monoisotopic (exact) mass is 256 g/mol. The van der Waals surface area contributed by atoms with Crippen LogP contribution in [-0.2, 0) is 16.6 Å². The molecule has 0 fully saturated rings. The van der Waals surface area contributed by atoms with Gasteiger partial charge < -0.3 is 4.52 Å². The summed E-state index contributed by atoms with van der Waals surface area (Å²) in [4.78, 5) is 5.43. The van der Waals surface area contributed by atoms with E-state index in [1.54, 1.807) is 17.6 Å². The largest absolute Gasteiger partial charge is 0.339 e. The lowest BCUT2D eigenvalue weighted by Gasteiger charge is -2.01. The third kappa shape index (κ3) is 2.56. The third-order valence-electron chi connectivity index (χ3n) is 2.16. The summed E-state index contributed by atoms with van der Waals surface area (Å²) in [6, 6.07) is 4.03. The predicted molar refractivity (Wildman–Crippen MR) is 63.9 cm³/mol. The first kappa shape index (κ1) is 11.5. The molecule has 0 aliphatic heterocycles. The molecule has 86 valence electrons. The highest BCUT2D eigenvalue weighted by Gasteiger charge is 2.17. The van der Waals surface area contributed by atoms with E-state index >= 15 is 0 Å². The second kappa shape index (κ2) is 4.88. The van der Waals surface area contributed by atoms with E-state index < -0.39 is 10.8 Å².